The lowest BCUT2D eigenvalue weighted by molar-refractivity contribution is -0.384. The number of nitro groups is 1. The average Bonchev–Trinajstić information content (AvgIpc) is 3.25. The Balaban J connectivity index is 1.52. The van der Waals surface area contributed by atoms with Gasteiger partial charge < -0.3 is 9.15 Å². The minimum Gasteiger partial charge on any atom is -0.496 e. The predicted octanol–water partition coefficient (Wildman–Crippen LogP) is 2.21. The van der Waals surface area contributed by atoms with Crippen molar-refractivity contribution in [2.24, 2.45) is 0 Å². The molecular formula is C18H15N5O6S. The molecule has 30 heavy (non-hydrogen) atoms. The van der Waals surface area contributed by atoms with Gasteiger partial charge in [-0.05, 0) is 18.2 Å². The molecule has 0 aliphatic rings. The third-order valence-electron chi connectivity index (χ3n) is 3.71. The summed E-state index contributed by atoms with van der Waals surface area (Å²) < 4.78 is 10.8. The van der Waals surface area contributed by atoms with Gasteiger partial charge in [0, 0.05) is 17.7 Å². The molecule has 2 aromatic carbocycles. The molecule has 0 unspecified atom stereocenters. The van der Waals surface area contributed by atoms with E-state index in [2.05, 4.69) is 21.0 Å². The van der Waals surface area contributed by atoms with Crippen molar-refractivity contribution >= 4 is 29.3 Å². The summed E-state index contributed by atoms with van der Waals surface area (Å²) in [6.07, 6.45) is 0. The molecule has 11 nitrogen and oxygen atoms in total. The molecular weight excluding hydrogens is 414 g/mol. The van der Waals surface area contributed by atoms with Gasteiger partial charge in [0.15, 0.2) is 0 Å². The van der Waals surface area contributed by atoms with Gasteiger partial charge >= 0.3 is 0 Å². The first-order valence-corrected chi connectivity index (χ1v) is 9.40. The molecule has 1 aromatic heterocycles. The molecule has 0 aliphatic carbocycles. The number of ether oxygens (including phenoxy) is 1. The van der Waals surface area contributed by atoms with Gasteiger partial charge in [-0.25, -0.2) is 0 Å². The molecule has 12 heteroatoms. The summed E-state index contributed by atoms with van der Waals surface area (Å²) in [6, 6.07) is 12.2. The maximum atomic E-state index is 12.0. The number of carbonyl (C=O) groups excluding carboxylic acids is 2. The van der Waals surface area contributed by atoms with Crippen molar-refractivity contribution in [1.29, 1.82) is 0 Å². The summed E-state index contributed by atoms with van der Waals surface area (Å²) in [5.41, 5.74) is 4.83. The Kier molecular flexibility index (Phi) is 6.60. The number of carbonyl (C=O) groups is 2. The highest BCUT2D eigenvalue weighted by Gasteiger charge is 2.15. The van der Waals surface area contributed by atoms with Gasteiger partial charge in [0.1, 0.15) is 5.75 Å². The Morgan fingerprint density at radius 3 is 2.73 bits per heavy atom. The first-order chi connectivity index (χ1) is 14.5. The van der Waals surface area contributed by atoms with Crippen LogP contribution < -0.4 is 15.6 Å². The van der Waals surface area contributed by atoms with Crippen LogP contribution >= 0.6 is 11.8 Å². The maximum absolute atomic E-state index is 12.0. The number of hydrazine groups is 1. The van der Waals surface area contributed by atoms with Gasteiger partial charge in [0.25, 0.3) is 22.7 Å². The number of rotatable bonds is 7. The Morgan fingerprint density at radius 2 is 1.97 bits per heavy atom. The van der Waals surface area contributed by atoms with E-state index < -0.39 is 16.7 Å². The van der Waals surface area contributed by atoms with E-state index in [0.29, 0.717) is 11.3 Å². The molecule has 0 bridgehead atoms. The molecule has 1 heterocycles. The molecule has 0 saturated carbocycles. The van der Waals surface area contributed by atoms with Gasteiger partial charge in [-0.1, -0.05) is 30.0 Å². The summed E-state index contributed by atoms with van der Waals surface area (Å²) in [6.45, 7) is 0. The van der Waals surface area contributed by atoms with Crippen LogP contribution in [0.25, 0.3) is 11.5 Å². The summed E-state index contributed by atoms with van der Waals surface area (Å²) in [4.78, 5) is 34.1. The molecule has 2 N–H and O–H groups in total. The Morgan fingerprint density at radius 1 is 1.17 bits per heavy atom. The fourth-order valence-corrected chi connectivity index (χ4v) is 2.88. The van der Waals surface area contributed by atoms with Gasteiger partial charge in [0.2, 0.25) is 5.91 Å². The number of para-hydroxylation sites is 1. The van der Waals surface area contributed by atoms with E-state index in [-0.39, 0.29) is 28.1 Å². The predicted molar refractivity (Wildman–Crippen MR) is 106 cm³/mol. The Bertz CT molecular complexity index is 1090. The number of thioether (sulfide) groups is 1. The molecule has 3 aromatic rings. The number of aromatic nitrogens is 2. The minimum absolute atomic E-state index is 0.0375. The first kappa shape index (κ1) is 20.8. The minimum atomic E-state index is -0.687. The highest BCUT2D eigenvalue weighted by Crippen LogP contribution is 2.30. The first-order valence-electron chi connectivity index (χ1n) is 8.41. The lowest BCUT2D eigenvalue weighted by Gasteiger charge is -2.06. The molecule has 0 fully saturated rings. The van der Waals surface area contributed by atoms with Crippen LogP contribution in [0.3, 0.4) is 0 Å². The van der Waals surface area contributed by atoms with Crippen LogP contribution in [-0.4, -0.2) is 39.8 Å². The third-order valence-corrected chi connectivity index (χ3v) is 4.52. The number of nitro benzene ring substituents is 1. The van der Waals surface area contributed by atoms with Gasteiger partial charge in [0.05, 0.1) is 23.3 Å². The highest BCUT2D eigenvalue weighted by molar-refractivity contribution is 7.99. The smallest absolute Gasteiger partial charge is 0.277 e. The van der Waals surface area contributed by atoms with Crippen molar-refractivity contribution in [2.75, 3.05) is 12.9 Å². The molecule has 154 valence electrons. The number of methoxy groups -OCH3 is 1. The summed E-state index contributed by atoms with van der Waals surface area (Å²) in [5, 5.41) is 18.7. The lowest BCUT2D eigenvalue weighted by atomic mass is 10.2. The Labute approximate surface area is 173 Å². The number of nitrogens with one attached hydrogen (secondary N) is 2. The third kappa shape index (κ3) is 5.11. The van der Waals surface area contributed by atoms with E-state index >= 15 is 0 Å². The fourth-order valence-electron chi connectivity index (χ4n) is 2.32. The summed E-state index contributed by atoms with van der Waals surface area (Å²) in [5.74, 6) is -0.513. The van der Waals surface area contributed by atoms with E-state index in [1.165, 1.54) is 25.3 Å². The quantitative estimate of drug-likeness (QED) is 0.327. The molecule has 0 atom stereocenters. The van der Waals surface area contributed by atoms with Gasteiger partial charge in [-0.3, -0.25) is 30.6 Å². The summed E-state index contributed by atoms with van der Waals surface area (Å²) in [7, 11) is 1.52. The average molecular weight is 429 g/mol. The highest BCUT2D eigenvalue weighted by atomic mass is 32.2. The summed E-state index contributed by atoms with van der Waals surface area (Å²) >= 11 is 0.978. The lowest BCUT2D eigenvalue weighted by Crippen LogP contribution is -2.42. The molecule has 3 rings (SSSR count). The van der Waals surface area contributed by atoms with Crippen molar-refractivity contribution in [3.63, 3.8) is 0 Å². The van der Waals surface area contributed by atoms with Crippen molar-refractivity contribution in [1.82, 2.24) is 21.0 Å². The van der Waals surface area contributed by atoms with Gasteiger partial charge in [-0.2, -0.15) is 0 Å². The second kappa shape index (κ2) is 9.52. The normalized spacial score (nSPS) is 10.3. The second-order valence-electron chi connectivity index (χ2n) is 5.67. The zero-order valence-corrected chi connectivity index (χ0v) is 16.3. The molecule has 0 radical (unpaired) electrons. The zero-order valence-electron chi connectivity index (χ0n) is 15.5. The van der Waals surface area contributed by atoms with Crippen molar-refractivity contribution in [2.45, 2.75) is 5.22 Å². The van der Waals surface area contributed by atoms with Crippen LogP contribution in [0.5, 0.6) is 5.75 Å². The monoisotopic (exact) mass is 429 g/mol. The molecule has 0 spiro atoms. The van der Waals surface area contributed by atoms with Crippen molar-refractivity contribution < 1.29 is 23.7 Å². The maximum Gasteiger partial charge on any atom is 0.277 e. The van der Waals surface area contributed by atoms with E-state index in [4.69, 9.17) is 9.15 Å². The van der Waals surface area contributed by atoms with Crippen LogP contribution in [0.15, 0.2) is 58.2 Å². The standard InChI is InChI=1S/C18H15N5O6S/c1-28-14-8-3-2-7-13(14)17-21-22-18(29-17)30-10-15(24)19-20-16(25)11-5-4-6-12(9-11)23(26)27/h2-9H,10H2,1H3,(H,19,24)(H,20,25). The van der Waals surface area contributed by atoms with E-state index in [1.807, 2.05) is 0 Å². The van der Waals surface area contributed by atoms with Crippen LogP contribution in [0.1, 0.15) is 10.4 Å². The van der Waals surface area contributed by atoms with Crippen LogP contribution in [-0.2, 0) is 4.79 Å². The molecule has 2 amide bonds. The number of amides is 2. The Hall–Kier alpha value is -3.93. The number of nitrogens with zero attached hydrogens (tertiary/aromatic N) is 3. The number of hydrogen-bond acceptors (Lipinski definition) is 9. The van der Waals surface area contributed by atoms with E-state index in [9.17, 15) is 19.7 Å². The topological polar surface area (TPSA) is 149 Å². The number of benzene rings is 2. The number of hydrogen-bond donors (Lipinski definition) is 2. The van der Waals surface area contributed by atoms with Crippen molar-refractivity contribution in [3.8, 4) is 17.2 Å². The van der Waals surface area contributed by atoms with E-state index in [1.54, 1.807) is 24.3 Å². The van der Waals surface area contributed by atoms with Crippen molar-refractivity contribution in [3.05, 3.63) is 64.2 Å². The van der Waals surface area contributed by atoms with Crippen LogP contribution in [0.2, 0.25) is 0 Å². The number of non-ortho nitro benzene ring substituents is 1. The largest absolute Gasteiger partial charge is 0.496 e. The fraction of sp³-hybridized carbons (Fsp3) is 0.111. The van der Waals surface area contributed by atoms with E-state index in [0.717, 1.165) is 17.8 Å². The molecule has 0 saturated heterocycles. The second-order valence-corrected chi connectivity index (χ2v) is 6.60. The van der Waals surface area contributed by atoms with Gasteiger partial charge in [-0.15, -0.1) is 10.2 Å². The van der Waals surface area contributed by atoms with Crippen LogP contribution in [0.4, 0.5) is 5.69 Å². The van der Waals surface area contributed by atoms with Crippen LogP contribution in [0, 0.1) is 10.1 Å². The zero-order chi connectivity index (χ0) is 21.5. The SMILES string of the molecule is COc1ccccc1-c1nnc(SCC(=O)NNC(=O)c2cccc([N+](=O)[O-])c2)o1. The molecule has 0 aliphatic heterocycles.